The second kappa shape index (κ2) is 46.8. The van der Waals surface area contributed by atoms with Crippen LogP contribution in [0.1, 0.15) is 165 Å². The van der Waals surface area contributed by atoms with Crippen molar-refractivity contribution in [3.05, 3.63) is 385 Å². The molecule has 0 aromatic carbocycles. The second-order valence-electron chi connectivity index (χ2n) is 30.4. The minimum Gasteiger partial charge on any atom is -0.299 e. The molecule has 0 atom stereocenters. The summed E-state index contributed by atoms with van der Waals surface area (Å²) in [4.78, 5) is 51.9. The zero-order valence-electron chi connectivity index (χ0n) is 72.0. The molecule has 0 N–H and O–H groups in total. The summed E-state index contributed by atoms with van der Waals surface area (Å²) in [7, 11) is 0. The predicted molar refractivity (Wildman–Crippen MR) is 486 cm³/mol. The number of rotatable bonds is 23. The molecule has 5 nitrogen and oxygen atoms in total. The van der Waals surface area contributed by atoms with E-state index in [1.54, 1.807) is 107 Å². The Morgan fingerprint density at radius 1 is 0.325 bits per heavy atom. The normalized spacial score (nSPS) is 13.5. The van der Waals surface area contributed by atoms with Crippen molar-refractivity contribution >= 4 is 60.8 Å². The summed E-state index contributed by atoms with van der Waals surface area (Å²) in [6, 6.07) is 50.5. The van der Waals surface area contributed by atoms with E-state index in [-0.39, 0.29) is 35.4 Å². The molecule has 0 heterocycles. The number of hydrogen-bond acceptors (Lipinski definition) is 5. The number of aldehydes is 5. The summed E-state index contributed by atoms with van der Waals surface area (Å²) in [6.07, 6.45) is 18.2. The molecule has 0 amide bonds. The number of aryl methyl sites for hydroxylation is 6. The van der Waals surface area contributed by atoms with Crippen LogP contribution in [0.5, 0.6) is 0 Å². The Hall–Kier alpha value is -12.8. The standard InChI is InChI=1S/C24H25F3O.C23H23F3O.C23H25FO.C19H15F3O.C18H15FO/c1-15(2)19-10-9-17(4)23-20(14-19)18(5)13-21(23)22(24(25,26)27)8-6-7-16(3)11-12-28;1-15(2)18-10-9-16(3)22-19(13-17(4)21(22)14-18)7-5-6-8-20(11-12-27)23(24,25)26;1-15(2)19-8-7-17(4)23-20(12-18(5)22(23)14-19)13-21(24)9-6-16(3)10-11-25;1-14(12-13-23)6-5-9-18(19(20,21)22)17-11-10-15-7-3-2-4-8-16(15)17;1-14(18(19)13-20)7-5-6-9-16-12-11-15-8-3-2-4-10-17(15)16/h6-15H,1-5H3;5-15H,1-4H3;6-15H,1-5H3;2-13H,1H3;2-13H,1H3/b7-6+,16-11+,22-8+;7-5+,8-6+,20-11+;9-6+,16-10+,21-13-;6-5+,14-12+,18-9+;7-5+,9-6+,18-14-. The molecular formula is C107H103F11O5. The molecule has 123 heavy (non-hydrogen) atoms. The monoisotopic (exact) mass is 1680 g/mol. The summed E-state index contributed by atoms with van der Waals surface area (Å²) >= 11 is 0. The Bertz CT molecular complexity index is 5670. The van der Waals surface area contributed by atoms with Gasteiger partial charge < -0.3 is 0 Å². The third kappa shape index (κ3) is 29.2. The van der Waals surface area contributed by atoms with Crippen molar-refractivity contribution in [3.8, 4) is 55.6 Å². The third-order valence-electron chi connectivity index (χ3n) is 20.0. The largest absolute Gasteiger partial charge is 0.417 e. The van der Waals surface area contributed by atoms with Crippen LogP contribution >= 0.6 is 0 Å². The van der Waals surface area contributed by atoms with Crippen LogP contribution in [0, 0.1) is 41.5 Å². The lowest BCUT2D eigenvalue weighted by Crippen LogP contribution is -2.10. The fourth-order valence-corrected chi connectivity index (χ4v) is 13.3. The molecule has 10 rings (SSSR count). The van der Waals surface area contributed by atoms with E-state index in [9.17, 15) is 72.3 Å². The van der Waals surface area contributed by atoms with Crippen LogP contribution in [-0.4, -0.2) is 50.0 Å². The van der Waals surface area contributed by atoms with Crippen LogP contribution in [0.4, 0.5) is 48.3 Å². The van der Waals surface area contributed by atoms with E-state index in [1.807, 2.05) is 94.4 Å². The Morgan fingerprint density at radius 3 is 1.20 bits per heavy atom. The molecule has 0 radical (unpaired) electrons. The van der Waals surface area contributed by atoms with Gasteiger partial charge in [-0.25, -0.2) is 8.78 Å². The molecule has 638 valence electrons. The molecule has 0 unspecified atom stereocenters. The van der Waals surface area contributed by atoms with Gasteiger partial charge in [-0.3, -0.25) is 24.0 Å². The van der Waals surface area contributed by atoms with Gasteiger partial charge in [-0.2, -0.15) is 39.5 Å². The number of carbonyl (C=O) groups is 5. The van der Waals surface area contributed by atoms with Crippen LogP contribution in [0.3, 0.4) is 0 Å². The van der Waals surface area contributed by atoms with Gasteiger partial charge in [-0.05, 0) is 297 Å². The average Bonchev–Trinajstić information content (AvgIpc) is 1.58. The zero-order valence-corrected chi connectivity index (χ0v) is 72.0. The minimum atomic E-state index is -4.55. The van der Waals surface area contributed by atoms with Crippen LogP contribution in [0.15, 0.2) is 307 Å². The second-order valence-corrected chi connectivity index (χ2v) is 30.4. The van der Waals surface area contributed by atoms with Crippen molar-refractivity contribution in [2.75, 3.05) is 0 Å². The molecule has 16 heteroatoms. The fourth-order valence-electron chi connectivity index (χ4n) is 13.3. The molecule has 10 aliphatic carbocycles. The molecule has 0 aromatic heterocycles. The highest BCUT2D eigenvalue weighted by molar-refractivity contribution is 5.92. The quantitative estimate of drug-likeness (QED) is 0.0276. The molecule has 0 aromatic rings. The van der Waals surface area contributed by atoms with E-state index in [0.717, 1.165) is 102 Å². The minimum absolute atomic E-state index is 0.139. The van der Waals surface area contributed by atoms with E-state index < -0.39 is 41.1 Å². The summed E-state index contributed by atoms with van der Waals surface area (Å²) in [6.45, 7) is 31.3. The van der Waals surface area contributed by atoms with E-state index in [2.05, 4.69) is 110 Å². The third-order valence-corrected chi connectivity index (χ3v) is 20.0. The molecule has 10 aliphatic rings. The number of fused-ring (bicyclic) bond motifs is 5. The van der Waals surface area contributed by atoms with Gasteiger partial charge in [0.2, 0.25) is 0 Å². The highest BCUT2D eigenvalue weighted by atomic mass is 19.4. The van der Waals surface area contributed by atoms with Gasteiger partial charge in [0.15, 0.2) is 12.1 Å². The van der Waals surface area contributed by atoms with Crippen LogP contribution in [0.25, 0.3) is 85.0 Å². The average molecular weight is 1680 g/mol. The Labute approximate surface area is 716 Å². The summed E-state index contributed by atoms with van der Waals surface area (Å²) in [5, 5.41) is 0. The number of alkyl halides is 9. The topological polar surface area (TPSA) is 85.3 Å². The van der Waals surface area contributed by atoms with Crippen LogP contribution < -0.4 is 0 Å². The first-order valence-corrected chi connectivity index (χ1v) is 39.8. The molecule has 0 fully saturated rings. The lowest BCUT2D eigenvalue weighted by atomic mass is 9.97. The maximum atomic E-state index is 14.3. The van der Waals surface area contributed by atoms with Crippen molar-refractivity contribution in [1.29, 1.82) is 0 Å². The lowest BCUT2D eigenvalue weighted by molar-refractivity contribution is -0.106. The first kappa shape index (κ1) is 99.0. The van der Waals surface area contributed by atoms with Crippen LogP contribution in [0.2, 0.25) is 0 Å². The molecular weight excluding hydrogens is 1570 g/mol. The molecule has 0 aliphatic heterocycles. The van der Waals surface area contributed by atoms with Gasteiger partial charge in [0.05, 0.1) is 16.7 Å². The maximum Gasteiger partial charge on any atom is 0.417 e. The lowest BCUT2D eigenvalue weighted by Gasteiger charge is -2.13. The van der Waals surface area contributed by atoms with E-state index in [1.165, 1.54) is 88.6 Å². The van der Waals surface area contributed by atoms with Gasteiger partial charge in [-0.1, -0.05) is 272 Å². The number of hydrogen-bond donors (Lipinski definition) is 0. The summed E-state index contributed by atoms with van der Waals surface area (Å²) in [5.41, 5.74) is 22.5. The molecule has 0 saturated carbocycles. The molecule has 0 spiro atoms. The van der Waals surface area contributed by atoms with E-state index in [4.69, 9.17) is 0 Å². The van der Waals surface area contributed by atoms with Crippen LogP contribution in [-0.2, 0) is 24.0 Å². The Kier molecular flexibility index (Phi) is 37.7. The van der Waals surface area contributed by atoms with Gasteiger partial charge in [0, 0.05) is 0 Å². The summed E-state index contributed by atoms with van der Waals surface area (Å²) < 4.78 is 147. The Morgan fingerprint density at radius 2 is 0.732 bits per heavy atom. The van der Waals surface area contributed by atoms with E-state index >= 15 is 0 Å². The maximum absolute atomic E-state index is 14.3. The van der Waals surface area contributed by atoms with Crippen molar-refractivity contribution in [1.82, 2.24) is 0 Å². The Balaban J connectivity index is 0.000000239. The first-order chi connectivity index (χ1) is 58.2. The van der Waals surface area contributed by atoms with Gasteiger partial charge in [-0.15, -0.1) is 0 Å². The predicted octanol–water partition coefficient (Wildman–Crippen LogP) is 30.8. The van der Waals surface area contributed by atoms with Gasteiger partial charge >= 0.3 is 18.5 Å². The molecule has 0 saturated heterocycles. The highest BCUT2D eigenvalue weighted by Gasteiger charge is 2.38. The van der Waals surface area contributed by atoms with Crippen molar-refractivity contribution in [2.45, 2.75) is 147 Å². The van der Waals surface area contributed by atoms with Crippen molar-refractivity contribution < 1.29 is 72.3 Å². The highest BCUT2D eigenvalue weighted by Crippen LogP contribution is 2.46. The SMILES string of the molecule is CC(/C=C/C(F)=C/c1cc(C)c2cc(C(C)C)ccc(C)c1-2)=C\C=O.CC(/C=C/C=C(\c1cc(C)c2cc(C(C)C)ccc(C)c1-2)C(F)(F)F)=C\C=O.CC(/C=C/C=C(\c1ccc2cccccc1-2)C(F)(F)F)=C\C=O.CC(/C=C/C=C/c1ccc2cccccc1-2)=C(/F)C=O.Cc1cc(/C=C/C=C/C(=C\C=O)C(F)(F)F)c2c(C)ccc(C(C)C)cc1-2. The number of carbonyl (C=O) groups excluding carboxylic acids is 5. The first-order valence-electron chi connectivity index (χ1n) is 39.8. The number of halogens is 11. The number of allylic oxidation sites excluding steroid dienone is 27. The smallest absolute Gasteiger partial charge is 0.299 e. The molecule has 0 bridgehead atoms. The van der Waals surface area contributed by atoms with Crippen molar-refractivity contribution in [2.24, 2.45) is 0 Å². The van der Waals surface area contributed by atoms with E-state index in [0.29, 0.717) is 70.2 Å². The fraction of sp³-hybridized carbons (Fsp3) is 0.206. The summed E-state index contributed by atoms with van der Waals surface area (Å²) in [5.74, 6) is 0.0547. The van der Waals surface area contributed by atoms with Gasteiger partial charge in [0.25, 0.3) is 0 Å². The zero-order chi connectivity index (χ0) is 91.1. The van der Waals surface area contributed by atoms with Gasteiger partial charge in [0.1, 0.15) is 31.0 Å². The van der Waals surface area contributed by atoms with Crippen molar-refractivity contribution in [3.63, 3.8) is 0 Å².